The van der Waals surface area contributed by atoms with E-state index in [0.717, 1.165) is 23.5 Å². The molecule has 20 heavy (non-hydrogen) atoms. The maximum atomic E-state index is 11.7. The molecule has 0 radical (unpaired) electrons. The van der Waals surface area contributed by atoms with Crippen molar-refractivity contribution in [1.82, 2.24) is 14.9 Å². The van der Waals surface area contributed by atoms with Crippen molar-refractivity contribution < 1.29 is 4.79 Å². The molecular formula is C15H20N4O. The number of benzene rings is 1. The van der Waals surface area contributed by atoms with Crippen LogP contribution in [0.3, 0.4) is 0 Å². The van der Waals surface area contributed by atoms with Crippen LogP contribution in [-0.2, 0) is 13.1 Å². The molecule has 0 unspecified atom stereocenters. The fourth-order valence-electron chi connectivity index (χ4n) is 2.06. The summed E-state index contributed by atoms with van der Waals surface area (Å²) in [6.07, 6.45) is 3.68. The topological polar surface area (TPSA) is 59.0 Å². The minimum Gasteiger partial charge on any atom is -0.379 e. The third-order valence-electron chi connectivity index (χ3n) is 3.33. The molecule has 0 bridgehead atoms. The van der Waals surface area contributed by atoms with Gasteiger partial charge >= 0.3 is 0 Å². The molecule has 0 aliphatic heterocycles. The summed E-state index contributed by atoms with van der Waals surface area (Å²) in [4.78, 5) is 15.8. The normalized spacial score (nSPS) is 10.3. The van der Waals surface area contributed by atoms with Crippen molar-refractivity contribution in [3.05, 3.63) is 47.5 Å². The van der Waals surface area contributed by atoms with Crippen LogP contribution < -0.4 is 10.6 Å². The van der Waals surface area contributed by atoms with Crippen molar-refractivity contribution in [2.45, 2.75) is 26.9 Å². The van der Waals surface area contributed by atoms with Gasteiger partial charge in [-0.3, -0.25) is 4.79 Å². The van der Waals surface area contributed by atoms with E-state index in [4.69, 9.17) is 0 Å². The van der Waals surface area contributed by atoms with Crippen molar-refractivity contribution in [2.75, 3.05) is 12.4 Å². The Morgan fingerprint density at radius 2 is 2.20 bits per heavy atom. The van der Waals surface area contributed by atoms with Gasteiger partial charge in [0.1, 0.15) is 0 Å². The first kappa shape index (κ1) is 14.1. The second kappa shape index (κ2) is 6.23. The number of hydrogen-bond donors (Lipinski definition) is 2. The van der Waals surface area contributed by atoms with Crippen LogP contribution in [0.1, 0.15) is 28.5 Å². The molecule has 2 rings (SSSR count). The number of imidazole rings is 1. The summed E-state index contributed by atoms with van der Waals surface area (Å²) in [5, 5.41) is 6.00. The molecule has 0 saturated carbocycles. The van der Waals surface area contributed by atoms with Crippen LogP contribution >= 0.6 is 0 Å². The Hall–Kier alpha value is -2.30. The monoisotopic (exact) mass is 272 g/mol. The number of nitrogens with zero attached hydrogens (tertiary/aromatic N) is 2. The van der Waals surface area contributed by atoms with Crippen molar-refractivity contribution in [3.63, 3.8) is 0 Å². The molecule has 5 nitrogen and oxygen atoms in total. The van der Waals surface area contributed by atoms with Crippen molar-refractivity contribution in [1.29, 1.82) is 0 Å². The maximum Gasteiger partial charge on any atom is 0.251 e. The second-order valence-corrected chi connectivity index (χ2v) is 4.63. The highest BCUT2D eigenvalue weighted by Gasteiger charge is 2.07. The third-order valence-corrected chi connectivity index (χ3v) is 3.33. The van der Waals surface area contributed by atoms with Gasteiger partial charge in [-0.25, -0.2) is 4.98 Å². The lowest BCUT2D eigenvalue weighted by Gasteiger charge is -2.12. The molecule has 106 valence electrons. The summed E-state index contributed by atoms with van der Waals surface area (Å²) < 4.78 is 2.09. The van der Waals surface area contributed by atoms with Gasteiger partial charge in [-0.1, -0.05) is 6.07 Å². The Labute approximate surface area is 119 Å². The number of anilines is 1. The first-order chi connectivity index (χ1) is 9.65. The highest BCUT2D eigenvalue weighted by Crippen LogP contribution is 2.18. The Balaban J connectivity index is 2.14. The zero-order valence-electron chi connectivity index (χ0n) is 12.1. The fourth-order valence-corrected chi connectivity index (χ4v) is 2.06. The Bertz CT molecular complexity index is 604. The summed E-state index contributed by atoms with van der Waals surface area (Å²) in [5.74, 6) is -0.0772. The standard InChI is InChI=1S/C15H20N4O/c1-4-19-10-17-8-13(19)9-18-14-7-12(15(20)16-3)6-5-11(14)2/h5-8,10,18H,4,9H2,1-3H3,(H,16,20). The van der Waals surface area contributed by atoms with Gasteiger partial charge in [-0.2, -0.15) is 0 Å². The van der Waals surface area contributed by atoms with Crippen LogP contribution in [0.15, 0.2) is 30.7 Å². The first-order valence-corrected chi connectivity index (χ1v) is 6.71. The molecule has 2 aromatic rings. The van der Waals surface area contributed by atoms with E-state index in [2.05, 4.69) is 27.1 Å². The van der Waals surface area contributed by atoms with E-state index in [9.17, 15) is 4.79 Å². The van der Waals surface area contributed by atoms with Crippen LogP contribution in [0.4, 0.5) is 5.69 Å². The van der Waals surface area contributed by atoms with Crippen LogP contribution in [0, 0.1) is 6.92 Å². The molecule has 5 heteroatoms. The van der Waals surface area contributed by atoms with E-state index < -0.39 is 0 Å². The fraction of sp³-hybridized carbons (Fsp3) is 0.333. The van der Waals surface area contributed by atoms with Crippen LogP contribution in [0.5, 0.6) is 0 Å². The quantitative estimate of drug-likeness (QED) is 0.877. The number of rotatable bonds is 5. The van der Waals surface area contributed by atoms with Gasteiger partial charge < -0.3 is 15.2 Å². The molecule has 0 fully saturated rings. The van der Waals surface area contributed by atoms with Gasteiger partial charge in [-0.05, 0) is 31.5 Å². The van der Waals surface area contributed by atoms with Crippen LogP contribution in [-0.4, -0.2) is 22.5 Å². The molecule has 0 spiro atoms. The Kier molecular flexibility index (Phi) is 4.40. The molecule has 1 amide bonds. The summed E-state index contributed by atoms with van der Waals surface area (Å²) in [6.45, 7) is 5.69. The smallest absolute Gasteiger partial charge is 0.251 e. The molecule has 1 heterocycles. The highest BCUT2D eigenvalue weighted by atomic mass is 16.1. The molecule has 1 aromatic heterocycles. The number of aromatic nitrogens is 2. The summed E-state index contributed by atoms with van der Waals surface area (Å²) in [6, 6.07) is 5.65. The summed E-state index contributed by atoms with van der Waals surface area (Å²) in [7, 11) is 1.63. The average molecular weight is 272 g/mol. The van der Waals surface area contributed by atoms with E-state index in [1.54, 1.807) is 7.05 Å². The van der Waals surface area contributed by atoms with E-state index in [1.807, 2.05) is 37.6 Å². The number of carbonyl (C=O) groups excluding carboxylic acids is 1. The van der Waals surface area contributed by atoms with Gasteiger partial charge in [0.05, 0.1) is 18.6 Å². The number of aryl methyl sites for hydroxylation is 2. The molecule has 2 N–H and O–H groups in total. The molecule has 0 atom stereocenters. The average Bonchev–Trinajstić information content (AvgIpc) is 2.93. The summed E-state index contributed by atoms with van der Waals surface area (Å²) in [5.41, 5.74) is 3.86. The van der Waals surface area contributed by atoms with E-state index in [0.29, 0.717) is 12.1 Å². The number of carbonyl (C=O) groups is 1. The van der Waals surface area contributed by atoms with E-state index >= 15 is 0 Å². The van der Waals surface area contributed by atoms with Crippen LogP contribution in [0.2, 0.25) is 0 Å². The minimum atomic E-state index is -0.0772. The first-order valence-electron chi connectivity index (χ1n) is 6.71. The molecule has 0 aliphatic carbocycles. The Morgan fingerprint density at radius 1 is 1.40 bits per heavy atom. The number of amides is 1. The predicted octanol–water partition coefficient (Wildman–Crippen LogP) is 2.18. The highest BCUT2D eigenvalue weighted by molar-refractivity contribution is 5.95. The van der Waals surface area contributed by atoms with Crippen molar-refractivity contribution >= 4 is 11.6 Å². The zero-order valence-corrected chi connectivity index (χ0v) is 12.1. The SMILES string of the molecule is CCn1cncc1CNc1cc(C(=O)NC)ccc1C. The second-order valence-electron chi connectivity index (χ2n) is 4.63. The van der Waals surface area contributed by atoms with Gasteiger partial charge in [0.25, 0.3) is 5.91 Å². The van der Waals surface area contributed by atoms with Crippen LogP contribution in [0.25, 0.3) is 0 Å². The van der Waals surface area contributed by atoms with Crippen molar-refractivity contribution in [2.24, 2.45) is 0 Å². The number of nitrogens with one attached hydrogen (secondary N) is 2. The van der Waals surface area contributed by atoms with Gasteiger partial charge in [0.2, 0.25) is 0 Å². The lowest BCUT2D eigenvalue weighted by molar-refractivity contribution is 0.0963. The largest absolute Gasteiger partial charge is 0.379 e. The van der Waals surface area contributed by atoms with Gasteiger partial charge in [0, 0.05) is 31.0 Å². The predicted molar refractivity (Wildman–Crippen MR) is 79.8 cm³/mol. The molecule has 0 aliphatic rings. The van der Waals surface area contributed by atoms with E-state index in [1.165, 1.54) is 0 Å². The summed E-state index contributed by atoms with van der Waals surface area (Å²) >= 11 is 0. The lowest BCUT2D eigenvalue weighted by Crippen LogP contribution is -2.18. The lowest BCUT2D eigenvalue weighted by atomic mass is 10.1. The molecule has 1 aromatic carbocycles. The number of hydrogen-bond acceptors (Lipinski definition) is 3. The molecular weight excluding hydrogens is 252 g/mol. The minimum absolute atomic E-state index is 0.0772. The van der Waals surface area contributed by atoms with E-state index in [-0.39, 0.29) is 5.91 Å². The zero-order chi connectivity index (χ0) is 14.5. The van der Waals surface area contributed by atoms with Gasteiger partial charge in [0.15, 0.2) is 0 Å². The third kappa shape index (κ3) is 2.99. The maximum absolute atomic E-state index is 11.7. The Morgan fingerprint density at radius 3 is 2.90 bits per heavy atom. The molecule has 0 saturated heterocycles. The van der Waals surface area contributed by atoms with Gasteiger partial charge in [-0.15, -0.1) is 0 Å². The van der Waals surface area contributed by atoms with Crippen molar-refractivity contribution in [3.8, 4) is 0 Å².